The van der Waals surface area contributed by atoms with E-state index in [2.05, 4.69) is 25.4 Å². The van der Waals surface area contributed by atoms with Crippen LogP contribution in [0.15, 0.2) is 71.2 Å². The molecule has 4 aromatic rings. The molecule has 0 radical (unpaired) electrons. The SMILES string of the molecule is CC(C)(c1cccc(OC(F)F)c1)c1cc(Br)cc(-n2c(C(N)=O)cc3ccc(NS(C)(=O)=O)cc32)c1. The molecular formula is C26H24BrF2N3O4S. The van der Waals surface area contributed by atoms with Crippen molar-refractivity contribution in [2.24, 2.45) is 5.73 Å². The number of aromatic nitrogens is 1. The molecular weight excluding hydrogens is 568 g/mol. The van der Waals surface area contributed by atoms with Crippen LogP contribution in [-0.2, 0) is 15.4 Å². The first-order chi connectivity index (χ1) is 17.2. The van der Waals surface area contributed by atoms with Crippen LogP contribution in [0.5, 0.6) is 5.75 Å². The average molecular weight is 592 g/mol. The highest BCUT2D eigenvalue weighted by atomic mass is 79.9. The number of ether oxygens (including phenoxy) is 1. The number of rotatable bonds is 8. The van der Waals surface area contributed by atoms with E-state index < -0.39 is 28.0 Å². The topological polar surface area (TPSA) is 103 Å². The summed E-state index contributed by atoms with van der Waals surface area (Å²) in [5, 5.41) is 0.686. The quantitative estimate of drug-likeness (QED) is 0.270. The number of primary amides is 1. The van der Waals surface area contributed by atoms with E-state index in [4.69, 9.17) is 5.73 Å². The number of alkyl halides is 2. The average Bonchev–Trinajstić information content (AvgIpc) is 3.16. The lowest BCUT2D eigenvalue weighted by Gasteiger charge is -2.28. The summed E-state index contributed by atoms with van der Waals surface area (Å²) in [6, 6.07) is 18.6. The molecule has 11 heteroatoms. The first-order valence-electron chi connectivity index (χ1n) is 11.0. The normalized spacial score (nSPS) is 12.2. The van der Waals surface area contributed by atoms with E-state index in [-0.39, 0.29) is 11.4 Å². The summed E-state index contributed by atoms with van der Waals surface area (Å²) in [6.45, 7) is 0.945. The summed E-state index contributed by atoms with van der Waals surface area (Å²) in [6.07, 6.45) is 1.05. The second-order valence-corrected chi connectivity index (χ2v) is 11.8. The van der Waals surface area contributed by atoms with Gasteiger partial charge in [-0.15, -0.1) is 0 Å². The Bertz CT molecular complexity index is 1620. The minimum atomic E-state index is -3.52. The van der Waals surface area contributed by atoms with Gasteiger partial charge in [0.1, 0.15) is 11.4 Å². The molecule has 1 amide bonds. The van der Waals surface area contributed by atoms with Gasteiger partial charge in [0.05, 0.1) is 17.5 Å². The number of nitrogens with zero attached hydrogens (tertiary/aromatic N) is 1. The van der Waals surface area contributed by atoms with E-state index in [9.17, 15) is 22.0 Å². The number of nitrogens with one attached hydrogen (secondary N) is 1. The highest BCUT2D eigenvalue weighted by Crippen LogP contribution is 2.37. The van der Waals surface area contributed by atoms with E-state index in [0.29, 0.717) is 26.8 Å². The Balaban J connectivity index is 1.89. The molecule has 0 aliphatic heterocycles. The lowest BCUT2D eigenvalue weighted by Crippen LogP contribution is -2.20. The largest absolute Gasteiger partial charge is 0.435 e. The summed E-state index contributed by atoms with van der Waals surface area (Å²) in [4.78, 5) is 12.4. The first kappa shape index (κ1) is 26.6. The van der Waals surface area contributed by atoms with Crippen molar-refractivity contribution in [2.45, 2.75) is 25.9 Å². The number of amides is 1. The zero-order chi connectivity index (χ0) is 27.1. The minimum absolute atomic E-state index is 0.0501. The number of fused-ring (bicyclic) bond motifs is 1. The maximum atomic E-state index is 12.8. The van der Waals surface area contributed by atoms with E-state index in [1.807, 2.05) is 32.0 Å². The molecule has 1 aromatic heterocycles. The summed E-state index contributed by atoms with van der Waals surface area (Å²) >= 11 is 3.55. The molecule has 194 valence electrons. The predicted molar refractivity (Wildman–Crippen MR) is 143 cm³/mol. The fourth-order valence-corrected chi connectivity index (χ4v) is 5.27. The lowest BCUT2D eigenvalue weighted by atomic mass is 9.78. The van der Waals surface area contributed by atoms with E-state index >= 15 is 0 Å². The van der Waals surface area contributed by atoms with Crippen LogP contribution in [0.2, 0.25) is 0 Å². The predicted octanol–water partition coefficient (Wildman–Crippen LogP) is 5.79. The molecule has 0 saturated heterocycles. The molecule has 0 atom stereocenters. The molecule has 0 aliphatic carbocycles. The zero-order valence-electron chi connectivity index (χ0n) is 20.1. The van der Waals surface area contributed by atoms with Gasteiger partial charge < -0.3 is 15.0 Å². The van der Waals surface area contributed by atoms with Crippen molar-refractivity contribution < 1.29 is 26.7 Å². The molecule has 4 rings (SSSR count). The second-order valence-electron chi connectivity index (χ2n) is 9.11. The molecule has 7 nitrogen and oxygen atoms in total. The number of sulfonamides is 1. The monoisotopic (exact) mass is 591 g/mol. The number of hydrogen-bond donors (Lipinski definition) is 2. The van der Waals surface area contributed by atoms with Crippen LogP contribution < -0.4 is 15.2 Å². The highest BCUT2D eigenvalue weighted by Gasteiger charge is 2.26. The molecule has 37 heavy (non-hydrogen) atoms. The number of halogens is 3. The Hall–Kier alpha value is -3.44. The molecule has 0 aliphatic rings. The van der Waals surface area contributed by atoms with Gasteiger partial charge >= 0.3 is 6.61 Å². The number of anilines is 1. The molecule has 0 bridgehead atoms. The van der Waals surface area contributed by atoms with Gasteiger partial charge in [-0.2, -0.15) is 8.78 Å². The van der Waals surface area contributed by atoms with Crippen molar-refractivity contribution in [1.29, 1.82) is 0 Å². The van der Waals surface area contributed by atoms with Crippen LogP contribution in [-0.4, -0.2) is 31.8 Å². The Kier molecular flexibility index (Phi) is 7.04. The first-order valence-corrected chi connectivity index (χ1v) is 13.7. The van der Waals surface area contributed by atoms with Crippen molar-refractivity contribution in [1.82, 2.24) is 4.57 Å². The number of nitrogens with two attached hydrogens (primary N) is 1. The van der Waals surface area contributed by atoms with Crippen molar-refractivity contribution >= 4 is 48.5 Å². The van der Waals surface area contributed by atoms with Crippen LogP contribution in [0.25, 0.3) is 16.6 Å². The van der Waals surface area contributed by atoms with Gasteiger partial charge in [-0.05, 0) is 59.7 Å². The highest BCUT2D eigenvalue weighted by molar-refractivity contribution is 9.10. The van der Waals surface area contributed by atoms with Crippen LogP contribution >= 0.6 is 15.9 Å². The van der Waals surface area contributed by atoms with Crippen molar-refractivity contribution in [3.05, 3.63) is 88.0 Å². The number of carbonyl (C=O) groups is 1. The van der Waals surface area contributed by atoms with Gasteiger partial charge in [0, 0.05) is 21.0 Å². The molecule has 0 spiro atoms. The third-order valence-electron chi connectivity index (χ3n) is 6.00. The maximum Gasteiger partial charge on any atom is 0.387 e. The smallest absolute Gasteiger partial charge is 0.387 e. The summed E-state index contributed by atoms with van der Waals surface area (Å²) < 4.78 is 58.5. The maximum absolute atomic E-state index is 12.8. The Labute approximate surface area is 221 Å². The minimum Gasteiger partial charge on any atom is -0.435 e. The standard InChI is InChI=1S/C26H24BrF2N3O4S/c1-26(2,16-5-4-6-21(12-16)36-25(28)29)17-10-18(27)13-20(11-17)32-22-14-19(31-37(3,34)35)8-7-15(22)9-23(32)24(30)33/h4-14,25,31H,1-3H3,(H2,30,33). The third-order valence-corrected chi connectivity index (χ3v) is 7.07. The van der Waals surface area contributed by atoms with Gasteiger partial charge in [0.25, 0.3) is 5.91 Å². The van der Waals surface area contributed by atoms with Crippen LogP contribution in [0, 0.1) is 0 Å². The van der Waals surface area contributed by atoms with Gasteiger partial charge in [0.2, 0.25) is 10.0 Å². The van der Waals surface area contributed by atoms with Gasteiger partial charge in [-0.25, -0.2) is 8.42 Å². The lowest BCUT2D eigenvalue weighted by molar-refractivity contribution is -0.0499. The molecule has 0 fully saturated rings. The molecule has 3 N–H and O–H groups in total. The molecule has 0 unspecified atom stereocenters. The van der Waals surface area contributed by atoms with Crippen molar-refractivity contribution in [3.8, 4) is 11.4 Å². The summed E-state index contributed by atoms with van der Waals surface area (Å²) in [5.74, 6) is -0.611. The fraction of sp³-hybridized carbons (Fsp3) is 0.192. The van der Waals surface area contributed by atoms with Crippen molar-refractivity contribution in [2.75, 3.05) is 11.0 Å². The Morgan fingerprint density at radius 3 is 2.43 bits per heavy atom. The molecule has 1 heterocycles. The number of hydrogen-bond acceptors (Lipinski definition) is 4. The van der Waals surface area contributed by atoms with E-state index in [1.54, 1.807) is 47.0 Å². The van der Waals surface area contributed by atoms with E-state index in [0.717, 1.165) is 17.4 Å². The Morgan fingerprint density at radius 1 is 1.05 bits per heavy atom. The van der Waals surface area contributed by atoms with Crippen LogP contribution in [0.3, 0.4) is 0 Å². The summed E-state index contributed by atoms with van der Waals surface area (Å²) in [5.41, 5.74) is 8.31. The molecule has 3 aromatic carbocycles. The third kappa shape index (κ3) is 5.78. The second kappa shape index (κ2) is 9.79. The van der Waals surface area contributed by atoms with Crippen LogP contribution in [0.4, 0.5) is 14.5 Å². The van der Waals surface area contributed by atoms with Gasteiger partial charge in [-0.1, -0.05) is 48.0 Å². The van der Waals surface area contributed by atoms with Gasteiger partial charge in [0.15, 0.2) is 0 Å². The fourth-order valence-electron chi connectivity index (χ4n) is 4.23. The summed E-state index contributed by atoms with van der Waals surface area (Å²) in [7, 11) is -3.52. The number of carbonyl (C=O) groups excluding carboxylic acids is 1. The molecule has 0 saturated carbocycles. The van der Waals surface area contributed by atoms with Gasteiger partial charge in [-0.3, -0.25) is 9.52 Å². The number of benzene rings is 3. The van der Waals surface area contributed by atoms with E-state index in [1.165, 1.54) is 6.07 Å². The van der Waals surface area contributed by atoms with Crippen LogP contribution in [0.1, 0.15) is 35.5 Å². The Morgan fingerprint density at radius 2 is 1.78 bits per heavy atom. The van der Waals surface area contributed by atoms with Crippen molar-refractivity contribution in [3.63, 3.8) is 0 Å². The zero-order valence-corrected chi connectivity index (χ0v) is 22.5.